The van der Waals surface area contributed by atoms with Crippen LogP contribution in [0.4, 0.5) is 4.79 Å². The molecule has 0 aromatic carbocycles. The van der Waals surface area contributed by atoms with Crippen LogP contribution in [0, 0.1) is 6.92 Å². The van der Waals surface area contributed by atoms with Crippen LogP contribution in [0.2, 0.25) is 0 Å². The predicted octanol–water partition coefficient (Wildman–Crippen LogP) is -0.602. The van der Waals surface area contributed by atoms with E-state index in [-0.39, 0.29) is 24.7 Å². The summed E-state index contributed by atoms with van der Waals surface area (Å²) in [4.78, 5) is 26.6. The van der Waals surface area contributed by atoms with E-state index < -0.39 is 17.5 Å². The minimum Gasteiger partial charge on any atom is -0.445 e. The van der Waals surface area contributed by atoms with Gasteiger partial charge in [0.2, 0.25) is 0 Å². The molecule has 1 aromatic heterocycles. The van der Waals surface area contributed by atoms with Crippen LogP contribution in [0.1, 0.15) is 11.5 Å². The molecular weight excluding hydrogens is 236 g/mol. The lowest BCUT2D eigenvalue weighted by atomic mass is 9.95. The average molecular weight is 247 g/mol. The molecule has 1 aliphatic rings. The number of carbonyl (C=O) groups excluding carboxylic acids is 2. The van der Waals surface area contributed by atoms with Gasteiger partial charge in [0.25, 0.3) is 5.91 Å². The van der Waals surface area contributed by atoms with Crippen LogP contribution in [0.15, 0.2) is 10.8 Å². The van der Waals surface area contributed by atoms with Gasteiger partial charge in [-0.1, -0.05) is 0 Å². The first-order chi connectivity index (χ1) is 7.10. The third-order valence-corrected chi connectivity index (χ3v) is 2.38. The topological polar surface area (TPSA) is 110 Å². The molecule has 2 heterocycles. The van der Waals surface area contributed by atoms with Crippen LogP contribution in [0.5, 0.6) is 0 Å². The second-order valence-electron chi connectivity index (χ2n) is 3.28. The number of aryl methyl sites for hydroxylation is 1. The number of oxazole rings is 1. The number of halogens is 1. The minimum atomic E-state index is -1.32. The maximum atomic E-state index is 11.6. The molecule has 0 bridgehead atoms. The van der Waals surface area contributed by atoms with Gasteiger partial charge in [-0.15, -0.1) is 12.4 Å². The molecule has 1 aliphatic heterocycles. The monoisotopic (exact) mass is 246 g/mol. The molecule has 1 aromatic rings. The number of carbonyl (C=O) groups is 2. The van der Waals surface area contributed by atoms with Crippen LogP contribution in [-0.4, -0.2) is 23.5 Å². The second-order valence-corrected chi connectivity index (χ2v) is 3.28. The van der Waals surface area contributed by atoms with Gasteiger partial charge < -0.3 is 15.5 Å². The third-order valence-electron chi connectivity index (χ3n) is 2.38. The molecule has 3 amide bonds. The summed E-state index contributed by atoms with van der Waals surface area (Å²) in [5, 5.41) is 4.57. The summed E-state index contributed by atoms with van der Waals surface area (Å²) in [7, 11) is 0. The van der Waals surface area contributed by atoms with Gasteiger partial charge >= 0.3 is 6.03 Å². The second kappa shape index (κ2) is 4.11. The lowest BCUT2D eigenvalue weighted by molar-refractivity contribution is -0.124. The minimum absolute atomic E-state index is 0. The molecule has 1 atom stereocenters. The molecule has 7 nitrogen and oxygen atoms in total. The first-order valence-electron chi connectivity index (χ1n) is 4.34. The predicted molar refractivity (Wildman–Crippen MR) is 55.9 cm³/mol. The molecule has 0 spiro atoms. The highest BCUT2D eigenvalue weighted by molar-refractivity contribution is 6.07. The number of hydrogen-bond donors (Lipinski definition) is 3. The number of imide groups is 1. The maximum Gasteiger partial charge on any atom is 0.322 e. The number of rotatable bonds is 2. The normalized spacial score (nSPS) is 23.6. The molecule has 2 rings (SSSR count). The zero-order valence-corrected chi connectivity index (χ0v) is 9.26. The van der Waals surface area contributed by atoms with E-state index in [0.29, 0.717) is 5.69 Å². The highest BCUT2D eigenvalue weighted by Gasteiger charge is 2.50. The summed E-state index contributed by atoms with van der Waals surface area (Å²) in [6.45, 7) is 1.59. The van der Waals surface area contributed by atoms with Crippen LogP contribution in [0.3, 0.4) is 0 Å². The van der Waals surface area contributed by atoms with E-state index >= 15 is 0 Å². The fraction of sp³-hybridized carbons (Fsp3) is 0.375. The Morgan fingerprint density at radius 2 is 2.25 bits per heavy atom. The van der Waals surface area contributed by atoms with E-state index in [2.05, 4.69) is 15.6 Å². The van der Waals surface area contributed by atoms with Crippen LogP contribution >= 0.6 is 12.4 Å². The number of amides is 3. The third kappa shape index (κ3) is 1.54. The lowest BCUT2D eigenvalue weighted by Gasteiger charge is -2.21. The fourth-order valence-electron chi connectivity index (χ4n) is 1.60. The molecule has 0 radical (unpaired) electrons. The quantitative estimate of drug-likeness (QED) is 0.604. The highest BCUT2D eigenvalue weighted by Crippen LogP contribution is 2.25. The van der Waals surface area contributed by atoms with Gasteiger partial charge in [-0.3, -0.25) is 10.1 Å². The SMILES string of the molecule is Cc1ncoc1[C@@]1(CN)NC(=O)NC1=O.Cl. The number of nitrogens with two attached hydrogens (primary N) is 1. The van der Waals surface area contributed by atoms with Crippen LogP contribution < -0.4 is 16.4 Å². The first-order valence-corrected chi connectivity index (χ1v) is 4.34. The van der Waals surface area contributed by atoms with Crippen molar-refractivity contribution in [2.45, 2.75) is 12.5 Å². The summed E-state index contributed by atoms with van der Waals surface area (Å²) < 4.78 is 5.09. The molecule has 0 unspecified atom stereocenters. The van der Waals surface area contributed by atoms with Gasteiger partial charge in [0, 0.05) is 6.54 Å². The van der Waals surface area contributed by atoms with Crippen molar-refractivity contribution in [3.8, 4) is 0 Å². The number of nitrogens with zero attached hydrogens (tertiary/aromatic N) is 1. The van der Waals surface area contributed by atoms with E-state index in [1.54, 1.807) is 6.92 Å². The molecule has 8 heteroatoms. The summed E-state index contributed by atoms with van der Waals surface area (Å²) in [5.74, 6) is -0.247. The van der Waals surface area contributed by atoms with Crippen molar-refractivity contribution in [3.05, 3.63) is 17.8 Å². The van der Waals surface area contributed by atoms with Crippen molar-refractivity contribution in [3.63, 3.8) is 0 Å². The zero-order valence-electron chi connectivity index (χ0n) is 8.44. The van der Waals surface area contributed by atoms with Crippen molar-refractivity contribution >= 4 is 24.3 Å². The molecular formula is C8H11ClN4O3. The van der Waals surface area contributed by atoms with Crippen LogP contribution in [-0.2, 0) is 10.3 Å². The Kier molecular flexibility index (Phi) is 3.20. The number of hydrogen-bond acceptors (Lipinski definition) is 5. The van der Waals surface area contributed by atoms with E-state index in [1.807, 2.05) is 0 Å². The van der Waals surface area contributed by atoms with Gasteiger partial charge in [-0.05, 0) is 6.92 Å². The van der Waals surface area contributed by atoms with E-state index in [4.69, 9.17) is 10.2 Å². The van der Waals surface area contributed by atoms with Crippen LogP contribution in [0.25, 0.3) is 0 Å². The molecule has 16 heavy (non-hydrogen) atoms. The number of nitrogens with one attached hydrogen (secondary N) is 2. The summed E-state index contributed by atoms with van der Waals surface area (Å²) >= 11 is 0. The van der Waals surface area contributed by atoms with Gasteiger partial charge in [0.05, 0.1) is 5.69 Å². The Morgan fingerprint density at radius 1 is 1.56 bits per heavy atom. The van der Waals surface area contributed by atoms with E-state index in [9.17, 15) is 9.59 Å². The highest BCUT2D eigenvalue weighted by atomic mass is 35.5. The fourth-order valence-corrected chi connectivity index (χ4v) is 1.60. The molecule has 0 saturated carbocycles. The molecule has 0 aliphatic carbocycles. The summed E-state index contributed by atoms with van der Waals surface area (Å²) in [5.41, 5.74) is 4.72. The molecule has 1 saturated heterocycles. The Morgan fingerprint density at radius 3 is 2.62 bits per heavy atom. The molecule has 1 fully saturated rings. The van der Waals surface area contributed by atoms with Gasteiger partial charge in [-0.2, -0.15) is 0 Å². The Bertz CT molecular complexity index is 433. The Hall–Kier alpha value is -1.60. The Balaban J connectivity index is 0.00000128. The first kappa shape index (κ1) is 12.5. The van der Waals surface area contributed by atoms with E-state index in [0.717, 1.165) is 0 Å². The van der Waals surface area contributed by atoms with E-state index in [1.165, 1.54) is 6.39 Å². The maximum absolute atomic E-state index is 11.6. The largest absolute Gasteiger partial charge is 0.445 e. The Labute approximate surface area is 97.2 Å². The molecule has 4 N–H and O–H groups in total. The summed E-state index contributed by atoms with van der Waals surface area (Å²) in [6, 6.07) is -0.582. The van der Waals surface area contributed by atoms with Crippen molar-refractivity contribution in [2.24, 2.45) is 5.73 Å². The van der Waals surface area contributed by atoms with Crippen molar-refractivity contribution in [2.75, 3.05) is 6.54 Å². The smallest absolute Gasteiger partial charge is 0.322 e. The van der Waals surface area contributed by atoms with Gasteiger partial charge in [0.1, 0.15) is 0 Å². The van der Waals surface area contributed by atoms with Crippen molar-refractivity contribution < 1.29 is 14.0 Å². The van der Waals surface area contributed by atoms with Gasteiger partial charge in [-0.25, -0.2) is 9.78 Å². The van der Waals surface area contributed by atoms with Crippen molar-refractivity contribution in [1.29, 1.82) is 0 Å². The molecule has 88 valence electrons. The number of urea groups is 1. The van der Waals surface area contributed by atoms with Gasteiger partial charge in [0.15, 0.2) is 17.7 Å². The lowest BCUT2D eigenvalue weighted by Crippen LogP contribution is -2.50. The standard InChI is InChI=1S/C8H10N4O3.ClH/c1-4-5(15-3-10-4)8(2-9)6(13)11-7(14)12-8;/h3H,2,9H2,1H3,(H2,11,12,13,14);1H/t8-;/m1./s1. The zero-order chi connectivity index (χ0) is 11.1. The summed E-state index contributed by atoms with van der Waals surface area (Å²) in [6.07, 6.45) is 1.21. The van der Waals surface area contributed by atoms with Crippen molar-refractivity contribution in [1.82, 2.24) is 15.6 Å². The number of aromatic nitrogens is 1. The average Bonchev–Trinajstić information content (AvgIpc) is 2.71.